The van der Waals surface area contributed by atoms with Gasteiger partial charge in [0.2, 0.25) is 5.91 Å². The molecule has 1 aliphatic rings. The van der Waals surface area contributed by atoms with Crippen LogP contribution in [0.3, 0.4) is 0 Å². The number of aryl methyl sites for hydroxylation is 1. The Morgan fingerprint density at radius 1 is 1.13 bits per heavy atom. The number of nitrogens with one attached hydrogen (secondary N) is 1. The van der Waals surface area contributed by atoms with Gasteiger partial charge in [0.1, 0.15) is 25.5 Å². The van der Waals surface area contributed by atoms with Gasteiger partial charge in [-0.05, 0) is 19.1 Å². The van der Waals surface area contributed by atoms with Crippen LogP contribution in [0.25, 0.3) is 21.5 Å². The Hall–Kier alpha value is -3.72. The SMILES string of the molecule is Cc1nc2c(=O)n(CC(=O)Nc3ccc4c(c3)OCCO4)nc(-c3ccccc3)c2s1. The number of fused-ring (bicyclic) bond motifs is 2. The molecular weight excluding hydrogens is 416 g/mol. The van der Waals surface area contributed by atoms with E-state index in [1.165, 1.54) is 11.3 Å². The molecule has 0 bridgehead atoms. The number of nitrogens with zero attached hydrogens (tertiary/aromatic N) is 3. The van der Waals surface area contributed by atoms with Gasteiger partial charge in [0, 0.05) is 17.3 Å². The maximum absolute atomic E-state index is 12.9. The van der Waals surface area contributed by atoms with Crippen LogP contribution >= 0.6 is 11.3 Å². The fraction of sp³-hybridized carbons (Fsp3) is 0.182. The highest BCUT2D eigenvalue weighted by molar-refractivity contribution is 7.19. The van der Waals surface area contributed by atoms with Crippen molar-refractivity contribution in [1.82, 2.24) is 14.8 Å². The monoisotopic (exact) mass is 434 g/mol. The predicted molar refractivity (Wildman–Crippen MR) is 118 cm³/mol. The summed E-state index contributed by atoms with van der Waals surface area (Å²) >= 11 is 1.42. The minimum Gasteiger partial charge on any atom is -0.486 e. The maximum atomic E-state index is 12.9. The van der Waals surface area contributed by atoms with Gasteiger partial charge < -0.3 is 14.8 Å². The van der Waals surface area contributed by atoms with Crippen LogP contribution in [0.1, 0.15) is 5.01 Å². The van der Waals surface area contributed by atoms with Crippen molar-refractivity contribution in [2.45, 2.75) is 13.5 Å². The standard InChI is InChI=1S/C22H18N4O4S/c1-13-23-20-21(31-13)19(14-5-3-2-4-6-14)25-26(22(20)28)12-18(27)24-15-7-8-16-17(11-15)30-10-9-29-16/h2-8,11H,9-10,12H2,1H3,(H,24,27). The number of carbonyl (C=O) groups excluding carboxylic acids is 1. The Labute approximate surface area is 181 Å². The number of aromatic nitrogens is 3. The third kappa shape index (κ3) is 3.75. The number of rotatable bonds is 4. The van der Waals surface area contributed by atoms with Crippen molar-refractivity contribution in [3.63, 3.8) is 0 Å². The molecule has 156 valence electrons. The smallest absolute Gasteiger partial charge is 0.294 e. The summed E-state index contributed by atoms with van der Waals surface area (Å²) in [5.74, 6) is 0.834. The van der Waals surface area contributed by atoms with E-state index in [2.05, 4.69) is 15.4 Å². The van der Waals surface area contributed by atoms with Crippen molar-refractivity contribution in [2.75, 3.05) is 18.5 Å². The largest absolute Gasteiger partial charge is 0.486 e. The maximum Gasteiger partial charge on any atom is 0.294 e. The molecule has 1 N–H and O–H groups in total. The Morgan fingerprint density at radius 2 is 1.90 bits per heavy atom. The molecule has 0 saturated carbocycles. The predicted octanol–water partition coefficient (Wildman–Crippen LogP) is 3.24. The van der Waals surface area contributed by atoms with E-state index in [1.807, 2.05) is 37.3 Å². The molecule has 2 aromatic heterocycles. The Balaban J connectivity index is 1.47. The van der Waals surface area contributed by atoms with Gasteiger partial charge in [-0.1, -0.05) is 30.3 Å². The van der Waals surface area contributed by atoms with Crippen molar-refractivity contribution in [1.29, 1.82) is 0 Å². The lowest BCUT2D eigenvalue weighted by Gasteiger charge is -2.19. The molecule has 8 nitrogen and oxygen atoms in total. The van der Waals surface area contributed by atoms with Gasteiger partial charge in [-0.25, -0.2) is 9.67 Å². The lowest BCUT2D eigenvalue weighted by molar-refractivity contribution is -0.117. The lowest BCUT2D eigenvalue weighted by atomic mass is 10.1. The molecule has 4 aromatic rings. The van der Waals surface area contributed by atoms with E-state index in [-0.39, 0.29) is 12.5 Å². The molecule has 0 unspecified atom stereocenters. The van der Waals surface area contributed by atoms with Crippen LogP contribution in [0.5, 0.6) is 11.5 Å². The van der Waals surface area contributed by atoms with Gasteiger partial charge in [0.25, 0.3) is 5.56 Å². The highest BCUT2D eigenvalue weighted by Gasteiger charge is 2.18. The number of hydrogen-bond acceptors (Lipinski definition) is 7. The number of carbonyl (C=O) groups is 1. The average molecular weight is 434 g/mol. The second kappa shape index (κ2) is 7.84. The van der Waals surface area contributed by atoms with Crippen LogP contribution in [0.4, 0.5) is 5.69 Å². The fourth-order valence-electron chi connectivity index (χ4n) is 3.42. The second-order valence-electron chi connectivity index (χ2n) is 6.99. The minimum absolute atomic E-state index is 0.236. The number of ether oxygens (including phenoxy) is 2. The second-order valence-corrected chi connectivity index (χ2v) is 8.20. The molecule has 0 radical (unpaired) electrons. The van der Waals surface area contributed by atoms with E-state index in [0.717, 1.165) is 20.0 Å². The van der Waals surface area contributed by atoms with Gasteiger partial charge >= 0.3 is 0 Å². The first kappa shape index (κ1) is 19.3. The molecule has 9 heteroatoms. The summed E-state index contributed by atoms with van der Waals surface area (Å²) in [4.78, 5) is 30.0. The third-order valence-corrected chi connectivity index (χ3v) is 5.75. The van der Waals surface area contributed by atoms with Gasteiger partial charge in [0.15, 0.2) is 17.0 Å². The van der Waals surface area contributed by atoms with Crippen LogP contribution in [0.15, 0.2) is 53.3 Å². The van der Waals surface area contributed by atoms with Crippen LogP contribution < -0.4 is 20.3 Å². The van der Waals surface area contributed by atoms with E-state index in [4.69, 9.17) is 9.47 Å². The number of benzene rings is 2. The average Bonchev–Trinajstić information content (AvgIpc) is 3.18. The molecule has 2 aromatic carbocycles. The normalized spacial score (nSPS) is 12.7. The molecule has 0 aliphatic carbocycles. The number of anilines is 1. The molecule has 3 heterocycles. The van der Waals surface area contributed by atoms with Crippen molar-refractivity contribution < 1.29 is 14.3 Å². The minimum atomic E-state index is -0.392. The molecule has 1 amide bonds. The summed E-state index contributed by atoms with van der Waals surface area (Å²) in [7, 11) is 0. The highest BCUT2D eigenvalue weighted by atomic mass is 32.1. The highest BCUT2D eigenvalue weighted by Crippen LogP contribution is 2.32. The van der Waals surface area contributed by atoms with Crippen LogP contribution in [0.2, 0.25) is 0 Å². The summed E-state index contributed by atoms with van der Waals surface area (Å²) in [5, 5.41) is 8.06. The van der Waals surface area contributed by atoms with Crippen molar-refractivity contribution in [3.05, 3.63) is 63.9 Å². The fourth-order valence-corrected chi connectivity index (χ4v) is 4.33. The first-order valence-corrected chi connectivity index (χ1v) is 10.5. The Kier molecular flexibility index (Phi) is 4.87. The van der Waals surface area contributed by atoms with Crippen LogP contribution in [-0.2, 0) is 11.3 Å². The summed E-state index contributed by atoms with van der Waals surface area (Å²) in [6.45, 7) is 2.56. The summed E-state index contributed by atoms with van der Waals surface area (Å²) in [5.41, 5.74) is 1.97. The van der Waals surface area contributed by atoms with Gasteiger partial charge in [-0.2, -0.15) is 5.10 Å². The number of hydrogen-bond donors (Lipinski definition) is 1. The zero-order chi connectivity index (χ0) is 21.4. The molecule has 31 heavy (non-hydrogen) atoms. The molecule has 0 saturated heterocycles. The zero-order valence-corrected chi connectivity index (χ0v) is 17.4. The molecule has 1 aliphatic heterocycles. The lowest BCUT2D eigenvalue weighted by Crippen LogP contribution is -2.30. The first-order valence-electron chi connectivity index (χ1n) is 9.72. The van der Waals surface area contributed by atoms with E-state index >= 15 is 0 Å². The third-order valence-electron chi connectivity index (χ3n) is 4.77. The molecular formula is C22H18N4O4S. The van der Waals surface area contributed by atoms with Gasteiger partial charge in [0.05, 0.1) is 9.71 Å². The Morgan fingerprint density at radius 3 is 2.71 bits per heavy atom. The molecule has 0 fully saturated rings. The summed E-state index contributed by atoms with van der Waals surface area (Å²) in [6.07, 6.45) is 0. The van der Waals surface area contributed by atoms with Crippen LogP contribution in [-0.4, -0.2) is 33.9 Å². The molecule has 0 spiro atoms. The van der Waals surface area contributed by atoms with E-state index in [1.54, 1.807) is 18.2 Å². The zero-order valence-electron chi connectivity index (χ0n) is 16.6. The van der Waals surface area contributed by atoms with E-state index in [0.29, 0.717) is 41.6 Å². The quantitative estimate of drug-likeness (QED) is 0.530. The molecule has 0 atom stereocenters. The van der Waals surface area contributed by atoms with Crippen molar-refractivity contribution in [3.8, 4) is 22.8 Å². The number of thiazole rings is 1. The summed E-state index contributed by atoms with van der Waals surface area (Å²) < 4.78 is 12.9. The van der Waals surface area contributed by atoms with Gasteiger partial charge in [-0.3, -0.25) is 9.59 Å². The van der Waals surface area contributed by atoms with Crippen LogP contribution in [0, 0.1) is 6.92 Å². The molecule has 5 rings (SSSR count). The first-order chi connectivity index (χ1) is 15.1. The topological polar surface area (TPSA) is 95.3 Å². The summed E-state index contributed by atoms with van der Waals surface area (Å²) in [6, 6.07) is 14.7. The van der Waals surface area contributed by atoms with Crippen molar-refractivity contribution in [2.24, 2.45) is 0 Å². The Bertz CT molecular complexity index is 1350. The van der Waals surface area contributed by atoms with Gasteiger partial charge in [-0.15, -0.1) is 11.3 Å². The van der Waals surface area contributed by atoms with Crippen molar-refractivity contribution >= 4 is 33.1 Å². The van der Waals surface area contributed by atoms with E-state index in [9.17, 15) is 9.59 Å². The van der Waals surface area contributed by atoms with E-state index < -0.39 is 5.56 Å². The number of amides is 1.